The molecular formula is C14H17N3O2. The Hall–Kier alpha value is -2.01. The van der Waals surface area contributed by atoms with Crippen LogP contribution in [0.3, 0.4) is 0 Å². The second kappa shape index (κ2) is 4.59. The number of hydrogen-bond donors (Lipinski definition) is 1. The highest BCUT2D eigenvalue weighted by molar-refractivity contribution is 5.45. The molecule has 2 heterocycles. The Labute approximate surface area is 112 Å². The second-order valence-electron chi connectivity index (χ2n) is 4.79. The molecule has 19 heavy (non-hydrogen) atoms. The molecule has 1 atom stereocenters. The third-order valence-corrected chi connectivity index (χ3v) is 3.56. The standard InChI is InChI=1S/C14H17N3O2/c1-9-10(2)17(7-16-9)6-12(15)11-3-4-13-14(5-11)19-8-18-13/h3-5,7,12H,6,8,15H2,1-2H3. The van der Waals surface area contributed by atoms with Gasteiger partial charge in [0.05, 0.1) is 12.0 Å². The van der Waals surface area contributed by atoms with Crippen molar-refractivity contribution in [2.45, 2.75) is 26.4 Å². The third kappa shape index (κ3) is 2.17. The Morgan fingerprint density at radius 2 is 2.11 bits per heavy atom. The summed E-state index contributed by atoms with van der Waals surface area (Å²) in [6.07, 6.45) is 1.83. The molecule has 0 fully saturated rings. The van der Waals surface area contributed by atoms with Crippen LogP contribution in [0, 0.1) is 13.8 Å². The van der Waals surface area contributed by atoms with E-state index in [2.05, 4.69) is 16.5 Å². The minimum atomic E-state index is -0.0956. The van der Waals surface area contributed by atoms with E-state index in [9.17, 15) is 0 Å². The van der Waals surface area contributed by atoms with E-state index in [1.807, 2.05) is 31.5 Å². The van der Waals surface area contributed by atoms with Gasteiger partial charge in [-0.25, -0.2) is 4.98 Å². The fourth-order valence-electron chi connectivity index (χ4n) is 2.19. The highest BCUT2D eigenvalue weighted by Gasteiger charge is 2.16. The zero-order chi connectivity index (χ0) is 13.4. The van der Waals surface area contributed by atoms with Gasteiger partial charge in [-0.15, -0.1) is 0 Å². The molecule has 1 aliphatic rings. The predicted molar refractivity (Wildman–Crippen MR) is 71.2 cm³/mol. The zero-order valence-corrected chi connectivity index (χ0v) is 11.1. The molecule has 1 aromatic carbocycles. The number of nitrogens with two attached hydrogens (primary N) is 1. The highest BCUT2D eigenvalue weighted by atomic mass is 16.7. The molecule has 0 aliphatic carbocycles. The number of aryl methyl sites for hydroxylation is 1. The Bertz CT molecular complexity index is 607. The first-order valence-electron chi connectivity index (χ1n) is 6.28. The molecule has 2 aromatic rings. The van der Waals surface area contributed by atoms with Crippen molar-refractivity contribution >= 4 is 0 Å². The fraction of sp³-hybridized carbons (Fsp3) is 0.357. The van der Waals surface area contributed by atoms with E-state index in [0.29, 0.717) is 6.54 Å². The first-order valence-corrected chi connectivity index (χ1v) is 6.28. The largest absolute Gasteiger partial charge is 0.454 e. The van der Waals surface area contributed by atoms with E-state index in [-0.39, 0.29) is 12.8 Å². The number of ether oxygens (including phenoxy) is 2. The first kappa shape index (κ1) is 12.0. The summed E-state index contributed by atoms with van der Waals surface area (Å²) in [5, 5.41) is 0. The number of rotatable bonds is 3. The van der Waals surface area contributed by atoms with Gasteiger partial charge in [-0.3, -0.25) is 0 Å². The number of hydrogen-bond acceptors (Lipinski definition) is 4. The summed E-state index contributed by atoms with van der Waals surface area (Å²) in [7, 11) is 0. The molecule has 0 bridgehead atoms. The summed E-state index contributed by atoms with van der Waals surface area (Å²) in [6.45, 7) is 5.03. The van der Waals surface area contributed by atoms with Gasteiger partial charge in [0.25, 0.3) is 0 Å². The van der Waals surface area contributed by atoms with E-state index >= 15 is 0 Å². The van der Waals surface area contributed by atoms with Gasteiger partial charge in [0.15, 0.2) is 11.5 Å². The summed E-state index contributed by atoms with van der Waals surface area (Å²) in [5.41, 5.74) is 9.48. The van der Waals surface area contributed by atoms with Crippen LogP contribution in [0.25, 0.3) is 0 Å². The van der Waals surface area contributed by atoms with Crippen molar-refractivity contribution in [2.75, 3.05) is 6.79 Å². The number of benzene rings is 1. The zero-order valence-electron chi connectivity index (χ0n) is 11.1. The number of nitrogens with zero attached hydrogens (tertiary/aromatic N) is 2. The van der Waals surface area contributed by atoms with E-state index in [4.69, 9.17) is 15.2 Å². The lowest BCUT2D eigenvalue weighted by molar-refractivity contribution is 0.174. The lowest BCUT2D eigenvalue weighted by Gasteiger charge is -2.14. The van der Waals surface area contributed by atoms with E-state index in [0.717, 1.165) is 28.5 Å². The highest BCUT2D eigenvalue weighted by Crippen LogP contribution is 2.34. The van der Waals surface area contributed by atoms with Crippen LogP contribution in [0.1, 0.15) is 23.0 Å². The van der Waals surface area contributed by atoms with Crippen molar-refractivity contribution in [3.8, 4) is 11.5 Å². The van der Waals surface area contributed by atoms with Crippen LogP contribution < -0.4 is 15.2 Å². The van der Waals surface area contributed by atoms with E-state index in [1.54, 1.807) is 0 Å². The van der Waals surface area contributed by atoms with Crippen molar-refractivity contribution in [3.63, 3.8) is 0 Å². The van der Waals surface area contributed by atoms with E-state index < -0.39 is 0 Å². The smallest absolute Gasteiger partial charge is 0.231 e. The molecule has 100 valence electrons. The summed E-state index contributed by atoms with van der Waals surface area (Å²) < 4.78 is 12.7. The molecule has 0 amide bonds. The lowest BCUT2D eigenvalue weighted by Crippen LogP contribution is -2.18. The topological polar surface area (TPSA) is 62.3 Å². The van der Waals surface area contributed by atoms with Crippen LogP contribution >= 0.6 is 0 Å². The Balaban J connectivity index is 1.80. The van der Waals surface area contributed by atoms with E-state index in [1.165, 1.54) is 0 Å². The third-order valence-electron chi connectivity index (χ3n) is 3.56. The van der Waals surface area contributed by atoms with Crippen LogP contribution in [0.15, 0.2) is 24.5 Å². The summed E-state index contributed by atoms with van der Waals surface area (Å²) >= 11 is 0. The molecule has 2 N–H and O–H groups in total. The molecule has 0 spiro atoms. The Morgan fingerprint density at radius 3 is 2.84 bits per heavy atom. The molecule has 1 aliphatic heterocycles. The van der Waals surface area contributed by atoms with Gasteiger partial charge in [0.1, 0.15) is 0 Å². The molecular weight excluding hydrogens is 242 g/mol. The maximum Gasteiger partial charge on any atom is 0.231 e. The summed E-state index contributed by atoms with van der Waals surface area (Å²) in [6, 6.07) is 5.74. The van der Waals surface area contributed by atoms with Crippen molar-refractivity contribution < 1.29 is 9.47 Å². The van der Waals surface area contributed by atoms with Gasteiger partial charge in [-0.05, 0) is 31.5 Å². The first-order chi connectivity index (χ1) is 9.15. The summed E-state index contributed by atoms with van der Waals surface area (Å²) in [4.78, 5) is 4.28. The van der Waals surface area contributed by atoms with Gasteiger partial charge in [0, 0.05) is 18.3 Å². The van der Waals surface area contributed by atoms with Gasteiger partial charge in [-0.1, -0.05) is 6.07 Å². The lowest BCUT2D eigenvalue weighted by atomic mass is 10.1. The van der Waals surface area contributed by atoms with Crippen LogP contribution in [-0.4, -0.2) is 16.3 Å². The molecule has 3 rings (SSSR count). The van der Waals surface area contributed by atoms with Crippen molar-refractivity contribution in [2.24, 2.45) is 5.73 Å². The SMILES string of the molecule is Cc1ncn(CC(N)c2ccc3c(c2)OCO3)c1C. The van der Waals surface area contributed by atoms with Gasteiger partial charge in [0.2, 0.25) is 6.79 Å². The van der Waals surface area contributed by atoms with Crippen molar-refractivity contribution in [1.82, 2.24) is 9.55 Å². The molecule has 5 heteroatoms. The Morgan fingerprint density at radius 1 is 1.32 bits per heavy atom. The molecule has 1 aromatic heterocycles. The van der Waals surface area contributed by atoms with Crippen LogP contribution in [0.5, 0.6) is 11.5 Å². The van der Waals surface area contributed by atoms with Crippen LogP contribution in [0.4, 0.5) is 0 Å². The van der Waals surface area contributed by atoms with Gasteiger partial charge >= 0.3 is 0 Å². The average Bonchev–Trinajstić information content (AvgIpc) is 2.99. The monoisotopic (exact) mass is 259 g/mol. The van der Waals surface area contributed by atoms with Crippen LogP contribution in [0.2, 0.25) is 0 Å². The normalized spacial score (nSPS) is 14.7. The predicted octanol–water partition coefficient (Wildman–Crippen LogP) is 1.93. The maximum absolute atomic E-state index is 6.25. The molecule has 0 saturated heterocycles. The maximum atomic E-state index is 6.25. The van der Waals surface area contributed by atoms with Gasteiger partial charge < -0.3 is 19.8 Å². The average molecular weight is 259 g/mol. The number of fused-ring (bicyclic) bond motifs is 1. The number of aromatic nitrogens is 2. The molecule has 5 nitrogen and oxygen atoms in total. The Kier molecular flexibility index (Phi) is 2.91. The van der Waals surface area contributed by atoms with Crippen molar-refractivity contribution in [3.05, 3.63) is 41.5 Å². The summed E-state index contributed by atoms with van der Waals surface area (Å²) in [5.74, 6) is 1.55. The van der Waals surface area contributed by atoms with Gasteiger partial charge in [-0.2, -0.15) is 0 Å². The molecule has 0 saturated carbocycles. The fourth-order valence-corrected chi connectivity index (χ4v) is 2.19. The molecule has 0 radical (unpaired) electrons. The molecule has 1 unspecified atom stereocenters. The minimum absolute atomic E-state index is 0.0956. The number of imidazole rings is 1. The second-order valence-corrected chi connectivity index (χ2v) is 4.79. The van der Waals surface area contributed by atoms with Crippen LogP contribution in [-0.2, 0) is 6.54 Å². The quantitative estimate of drug-likeness (QED) is 0.914. The minimum Gasteiger partial charge on any atom is -0.454 e. The van der Waals surface area contributed by atoms with Crippen molar-refractivity contribution in [1.29, 1.82) is 0 Å².